The van der Waals surface area contributed by atoms with Gasteiger partial charge in [0.25, 0.3) is 0 Å². The Morgan fingerprint density at radius 1 is 1.12 bits per heavy atom. The van der Waals surface area contributed by atoms with E-state index in [1.165, 1.54) is 12.1 Å². The Hall–Kier alpha value is -2.27. The number of hydrogen-bond acceptors (Lipinski definition) is 3. The van der Waals surface area contributed by atoms with Crippen molar-refractivity contribution in [3.8, 4) is 0 Å². The van der Waals surface area contributed by atoms with E-state index in [9.17, 15) is 19.7 Å². The van der Waals surface area contributed by atoms with Crippen LogP contribution in [-0.2, 0) is 6.61 Å². The van der Waals surface area contributed by atoms with E-state index in [0.717, 1.165) is 27.3 Å². The molecule has 3 N–H and O–H groups in total. The molecule has 122 valence electrons. The number of halogens is 1. The van der Waals surface area contributed by atoms with E-state index in [4.69, 9.17) is 0 Å². The summed E-state index contributed by atoms with van der Waals surface area (Å²) >= 11 is 0. The molecule has 0 heterocycles. The number of benzene rings is 3. The topological polar surface area (TPSA) is 60.7 Å². The summed E-state index contributed by atoms with van der Waals surface area (Å²) in [4.78, 5) is 0. The van der Waals surface area contributed by atoms with Gasteiger partial charge in [0.1, 0.15) is 18.0 Å². The van der Waals surface area contributed by atoms with Crippen LogP contribution in [0, 0.1) is 12.7 Å². The first-order chi connectivity index (χ1) is 11.5. The van der Waals surface area contributed by atoms with Gasteiger partial charge in [0.05, 0.1) is 6.61 Å². The highest BCUT2D eigenvalue weighted by Crippen LogP contribution is 2.42. The van der Waals surface area contributed by atoms with Gasteiger partial charge < -0.3 is 15.3 Å². The normalized spacial score (nSPS) is 19.9. The Bertz CT molecular complexity index is 1010. The van der Waals surface area contributed by atoms with Crippen molar-refractivity contribution in [2.45, 2.75) is 25.7 Å². The molecule has 4 heteroatoms. The highest BCUT2D eigenvalue weighted by atomic mass is 19.1. The first kappa shape index (κ1) is 15.3. The molecule has 1 aliphatic rings. The second-order valence-electron chi connectivity index (χ2n) is 6.21. The summed E-state index contributed by atoms with van der Waals surface area (Å²) in [6.45, 7) is 1.47. The van der Waals surface area contributed by atoms with Crippen LogP contribution in [0.4, 0.5) is 4.39 Å². The summed E-state index contributed by atoms with van der Waals surface area (Å²) < 4.78 is 14.9. The van der Waals surface area contributed by atoms with Gasteiger partial charge in [0.15, 0.2) is 0 Å². The lowest BCUT2D eigenvalue weighted by Gasteiger charge is -2.28. The number of aryl methyl sites for hydroxylation is 1. The van der Waals surface area contributed by atoms with Crippen LogP contribution >= 0.6 is 0 Å². The molecule has 3 aromatic rings. The second kappa shape index (κ2) is 5.38. The highest BCUT2D eigenvalue weighted by molar-refractivity contribution is 6.12. The summed E-state index contributed by atoms with van der Waals surface area (Å²) in [7, 11) is 0. The Morgan fingerprint density at radius 2 is 1.88 bits per heavy atom. The van der Waals surface area contributed by atoms with E-state index >= 15 is 0 Å². The molecule has 2 atom stereocenters. The van der Waals surface area contributed by atoms with Gasteiger partial charge in [-0.3, -0.25) is 0 Å². The average Bonchev–Trinajstić information content (AvgIpc) is 2.58. The van der Waals surface area contributed by atoms with Crippen LogP contribution in [0.5, 0.6) is 0 Å². The number of aliphatic hydroxyl groups excluding tert-OH is 3. The predicted octanol–water partition coefficient (Wildman–Crippen LogP) is 3.35. The van der Waals surface area contributed by atoms with Gasteiger partial charge in [0.2, 0.25) is 0 Å². The van der Waals surface area contributed by atoms with Crippen molar-refractivity contribution in [1.82, 2.24) is 0 Å². The van der Waals surface area contributed by atoms with Crippen LogP contribution in [0.25, 0.3) is 27.6 Å². The molecule has 3 aromatic carbocycles. The highest BCUT2D eigenvalue weighted by Gasteiger charge is 2.29. The van der Waals surface area contributed by atoms with Gasteiger partial charge in [-0.15, -0.1) is 0 Å². The van der Waals surface area contributed by atoms with E-state index in [-0.39, 0.29) is 0 Å². The molecule has 0 saturated carbocycles. The minimum atomic E-state index is -1.18. The van der Waals surface area contributed by atoms with Crippen LogP contribution < -0.4 is 0 Å². The van der Waals surface area contributed by atoms with Crippen molar-refractivity contribution < 1.29 is 19.7 Å². The molecule has 0 spiro atoms. The lowest BCUT2D eigenvalue weighted by molar-refractivity contribution is 0.0456. The van der Waals surface area contributed by atoms with E-state index in [0.29, 0.717) is 16.5 Å². The first-order valence-corrected chi connectivity index (χ1v) is 7.86. The predicted molar refractivity (Wildman–Crippen MR) is 92.1 cm³/mol. The molecule has 0 aliphatic heterocycles. The molecule has 0 bridgehead atoms. The molecule has 24 heavy (non-hydrogen) atoms. The number of hydrogen-bond donors (Lipinski definition) is 3. The molecule has 0 unspecified atom stereocenters. The third-order valence-electron chi connectivity index (χ3n) is 4.93. The maximum atomic E-state index is 14.9. The van der Waals surface area contributed by atoms with E-state index in [1.807, 2.05) is 31.2 Å². The third kappa shape index (κ3) is 1.94. The third-order valence-corrected chi connectivity index (χ3v) is 4.93. The summed E-state index contributed by atoms with van der Waals surface area (Å²) in [5.41, 5.74) is 2.31. The Labute approximate surface area is 138 Å². The van der Waals surface area contributed by atoms with Crippen molar-refractivity contribution >= 4 is 27.6 Å². The van der Waals surface area contributed by atoms with Crippen LogP contribution in [0.2, 0.25) is 0 Å². The summed E-state index contributed by atoms with van der Waals surface area (Å²) in [6, 6.07) is 8.98. The van der Waals surface area contributed by atoms with Crippen molar-refractivity contribution in [2.24, 2.45) is 0 Å². The molecule has 1 aliphatic carbocycles. The molecule has 0 saturated heterocycles. The smallest absolute Gasteiger partial charge is 0.132 e. The van der Waals surface area contributed by atoms with Crippen LogP contribution in [-0.4, -0.2) is 21.4 Å². The molecular formula is C20H17FO3. The Kier molecular flexibility index (Phi) is 3.42. The molecule has 0 aromatic heterocycles. The van der Waals surface area contributed by atoms with Gasteiger partial charge in [-0.05, 0) is 51.4 Å². The molecule has 4 rings (SSSR count). The first-order valence-electron chi connectivity index (χ1n) is 7.86. The Balaban J connectivity index is 2.29. The van der Waals surface area contributed by atoms with Crippen molar-refractivity contribution in [3.63, 3.8) is 0 Å². The van der Waals surface area contributed by atoms with Gasteiger partial charge in [-0.2, -0.15) is 0 Å². The molecule has 0 radical (unpaired) electrons. The zero-order chi connectivity index (χ0) is 17.0. The molecular weight excluding hydrogens is 307 g/mol. The number of aliphatic hydroxyl groups is 3. The number of fused-ring (bicyclic) bond motifs is 4. The molecule has 0 fully saturated rings. The van der Waals surface area contributed by atoms with Gasteiger partial charge in [-0.25, -0.2) is 4.39 Å². The minimum absolute atomic E-state index is 0.314. The minimum Gasteiger partial charge on any atom is -0.392 e. The average molecular weight is 324 g/mol. The van der Waals surface area contributed by atoms with Crippen molar-refractivity contribution in [3.05, 3.63) is 64.5 Å². The fourth-order valence-corrected chi connectivity index (χ4v) is 3.82. The fourth-order valence-electron chi connectivity index (χ4n) is 3.82. The standard InChI is InChI=1S/C20H17FO3/c1-10-12-6-7-16(23)20(24)18(12)14(9-22)19-15(21)8-11-4-2-3-5-13(11)17(10)19/h2-8,16,20,22-24H,9H2,1H3/t16-,20+/m0/s1. The monoisotopic (exact) mass is 324 g/mol. The van der Waals surface area contributed by atoms with Gasteiger partial charge in [-0.1, -0.05) is 36.4 Å². The van der Waals surface area contributed by atoms with Gasteiger partial charge >= 0.3 is 0 Å². The second-order valence-corrected chi connectivity index (χ2v) is 6.21. The van der Waals surface area contributed by atoms with E-state index in [1.54, 1.807) is 6.08 Å². The summed E-state index contributed by atoms with van der Waals surface area (Å²) in [5.74, 6) is -0.435. The lowest BCUT2D eigenvalue weighted by atomic mass is 9.81. The van der Waals surface area contributed by atoms with E-state index < -0.39 is 24.6 Å². The fraction of sp³-hybridized carbons (Fsp3) is 0.200. The van der Waals surface area contributed by atoms with Crippen LogP contribution in [0.15, 0.2) is 36.4 Å². The van der Waals surface area contributed by atoms with Crippen LogP contribution in [0.3, 0.4) is 0 Å². The Morgan fingerprint density at radius 3 is 2.62 bits per heavy atom. The largest absolute Gasteiger partial charge is 0.392 e. The lowest BCUT2D eigenvalue weighted by Crippen LogP contribution is -2.22. The zero-order valence-corrected chi connectivity index (χ0v) is 13.1. The number of rotatable bonds is 1. The van der Waals surface area contributed by atoms with Crippen LogP contribution in [0.1, 0.15) is 28.4 Å². The SMILES string of the molecule is Cc1c2c(c(CO)c3c(F)cc4ccccc4c13)[C@H](O)[C@@H](O)C=C2. The molecule has 3 nitrogen and oxygen atoms in total. The van der Waals surface area contributed by atoms with Crippen molar-refractivity contribution in [2.75, 3.05) is 0 Å². The summed E-state index contributed by atoms with van der Waals surface area (Å²) in [6.07, 6.45) is 1.01. The quantitative estimate of drug-likeness (QED) is 0.602. The zero-order valence-electron chi connectivity index (χ0n) is 13.1. The summed E-state index contributed by atoms with van der Waals surface area (Å²) in [5, 5.41) is 33.0. The van der Waals surface area contributed by atoms with Gasteiger partial charge in [0, 0.05) is 5.39 Å². The maximum Gasteiger partial charge on any atom is 0.132 e. The van der Waals surface area contributed by atoms with E-state index in [2.05, 4.69) is 0 Å². The van der Waals surface area contributed by atoms with Crippen molar-refractivity contribution in [1.29, 1.82) is 0 Å². The molecule has 0 amide bonds. The maximum absolute atomic E-state index is 14.9.